The molecule has 14 heavy (non-hydrogen) atoms. The van der Waals surface area contributed by atoms with Crippen LogP contribution >= 0.6 is 0 Å². The lowest BCUT2D eigenvalue weighted by molar-refractivity contribution is 0.193. The molecule has 1 aliphatic heterocycles. The summed E-state index contributed by atoms with van der Waals surface area (Å²) in [5.41, 5.74) is -0.449. The standard InChI is InChI=1S/C11H14FNO/c1-14-10-4-2-9(3-5-10)11(12)6-7-13-8-11/h2-5,13H,6-8H2,1H3. The van der Waals surface area contributed by atoms with Crippen LogP contribution in [-0.4, -0.2) is 20.2 Å². The molecular formula is C11H14FNO. The molecule has 0 spiro atoms. The molecule has 3 heteroatoms. The third-order valence-electron chi connectivity index (χ3n) is 2.71. The molecule has 1 aromatic rings. The van der Waals surface area contributed by atoms with Crippen molar-refractivity contribution in [3.8, 4) is 5.75 Å². The van der Waals surface area contributed by atoms with E-state index in [2.05, 4.69) is 5.32 Å². The average Bonchev–Trinajstić information content (AvgIpc) is 2.67. The van der Waals surface area contributed by atoms with Crippen molar-refractivity contribution < 1.29 is 9.13 Å². The van der Waals surface area contributed by atoms with Crippen molar-refractivity contribution in [1.82, 2.24) is 5.32 Å². The number of rotatable bonds is 2. The van der Waals surface area contributed by atoms with Gasteiger partial charge in [0.15, 0.2) is 0 Å². The molecule has 0 amide bonds. The van der Waals surface area contributed by atoms with Gasteiger partial charge in [0.2, 0.25) is 0 Å². The minimum Gasteiger partial charge on any atom is -0.497 e. The van der Waals surface area contributed by atoms with Gasteiger partial charge in [-0.2, -0.15) is 0 Å². The number of methoxy groups -OCH3 is 1. The Morgan fingerprint density at radius 2 is 2.07 bits per heavy atom. The van der Waals surface area contributed by atoms with Crippen molar-refractivity contribution >= 4 is 0 Å². The molecule has 1 saturated heterocycles. The van der Waals surface area contributed by atoms with E-state index < -0.39 is 5.67 Å². The number of hydrogen-bond donors (Lipinski definition) is 1. The van der Waals surface area contributed by atoms with Crippen LogP contribution in [-0.2, 0) is 5.67 Å². The largest absolute Gasteiger partial charge is 0.497 e. The van der Waals surface area contributed by atoms with Crippen LogP contribution in [0, 0.1) is 0 Å². The number of ether oxygens (including phenoxy) is 1. The highest BCUT2D eigenvalue weighted by molar-refractivity contribution is 5.31. The fourth-order valence-electron chi connectivity index (χ4n) is 1.80. The summed E-state index contributed by atoms with van der Waals surface area (Å²) < 4.78 is 19.2. The molecule has 0 saturated carbocycles. The third-order valence-corrected chi connectivity index (χ3v) is 2.71. The molecule has 1 atom stereocenters. The van der Waals surface area contributed by atoms with E-state index >= 15 is 0 Å². The Kier molecular flexibility index (Phi) is 2.42. The van der Waals surface area contributed by atoms with Gasteiger partial charge in [0, 0.05) is 6.54 Å². The number of benzene rings is 1. The average molecular weight is 195 g/mol. The van der Waals surface area contributed by atoms with Gasteiger partial charge in [0.05, 0.1) is 7.11 Å². The van der Waals surface area contributed by atoms with Gasteiger partial charge in [0.25, 0.3) is 0 Å². The van der Waals surface area contributed by atoms with E-state index in [1.807, 2.05) is 0 Å². The molecule has 1 aliphatic rings. The fourth-order valence-corrected chi connectivity index (χ4v) is 1.80. The SMILES string of the molecule is COc1ccc(C2(F)CCNC2)cc1. The van der Waals surface area contributed by atoms with Crippen molar-refractivity contribution in [3.05, 3.63) is 29.8 Å². The summed E-state index contributed by atoms with van der Waals surface area (Å²) in [6, 6.07) is 7.20. The Balaban J connectivity index is 2.23. The quantitative estimate of drug-likeness (QED) is 0.777. The van der Waals surface area contributed by atoms with Crippen molar-refractivity contribution in [2.24, 2.45) is 0 Å². The van der Waals surface area contributed by atoms with Crippen molar-refractivity contribution in [2.75, 3.05) is 20.2 Å². The van der Waals surface area contributed by atoms with Gasteiger partial charge < -0.3 is 10.1 Å². The lowest BCUT2D eigenvalue weighted by atomic mass is 9.95. The predicted molar refractivity (Wildman–Crippen MR) is 53.3 cm³/mol. The lowest BCUT2D eigenvalue weighted by Gasteiger charge is -2.18. The first-order chi connectivity index (χ1) is 6.74. The summed E-state index contributed by atoms with van der Waals surface area (Å²) >= 11 is 0. The summed E-state index contributed by atoms with van der Waals surface area (Å²) in [6.07, 6.45) is 0.555. The molecule has 1 heterocycles. The Bertz CT molecular complexity index is 304. The van der Waals surface area contributed by atoms with Crippen LogP contribution in [0.3, 0.4) is 0 Å². The molecule has 2 nitrogen and oxygen atoms in total. The maximum absolute atomic E-state index is 14.2. The van der Waals surface area contributed by atoms with Gasteiger partial charge in [-0.15, -0.1) is 0 Å². The van der Waals surface area contributed by atoms with Gasteiger partial charge >= 0.3 is 0 Å². The topological polar surface area (TPSA) is 21.3 Å². The van der Waals surface area contributed by atoms with E-state index in [1.165, 1.54) is 0 Å². The molecule has 1 aromatic carbocycles. The van der Waals surface area contributed by atoms with Gasteiger partial charge in [-0.05, 0) is 30.7 Å². The van der Waals surface area contributed by atoms with Crippen LogP contribution < -0.4 is 10.1 Å². The molecule has 0 aromatic heterocycles. The maximum atomic E-state index is 14.2. The van der Waals surface area contributed by atoms with Crippen LogP contribution in [0.5, 0.6) is 5.75 Å². The Hall–Kier alpha value is -1.09. The zero-order chi connectivity index (χ0) is 10.0. The van der Waals surface area contributed by atoms with Crippen molar-refractivity contribution in [2.45, 2.75) is 12.1 Å². The maximum Gasteiger partial charge on any atom is 0.149 e. The molecule has 1 fully saturated rings. The lowest BCUT2D eigenvalue weighted by Crippen LogP contribution is -2.23. The van der Waals surface area contributed by atoms with Gasteiger partial charge in [-0.1, -0.05) is 12.1 Å². The normalized spacial score (nSPS) is 26.4. The molecule has 0 bridgehead atoms. The van der Waals surface area contributed by atoms with Gasteiger partial charge in [-0.25, -0.2) is 4.39 Å². The minimum atomic E-state index is -1.19. The highest BCUT2D eigenvalue weighted by atomic mass is 19.1. The molecule has 0 radical (unpaired) electrons. The van der Waals surface area contributed by atoms with Crippen LogP contribution in [0.25, 0.3) is 0 Å². The molecule has 1 N–H and O–H groups in total. The predicted octanol–water partition coefficient (Wildman–Crippen LogP) is 1.85. The second kappa shape index (κ2) is 3.58. The van der Waals surface area contributed by atoms with E-state index in [4.69, 9.17) is 4.74 Å². The van der Waals surface area contributed by atoms with Crippen molar-refractivity contribution in [3.63, 3.8) is 0 Å². The highest BCUT2D eigenvalue weighted by Crippen LogP contribution is 2.32. The molecule has 76 valence electrons. The van der Waals surface area contributed by atoms with E-state index in [0.29, 0.717) is 13.0 Å². The van der Waals surface area contributed by atoms with Crippen molar-refractivity contribution in [1.29, 1.82) is 0 Å². The molecule has 0 aliphatic carbocycles. The van der Waals surface area contributed by atoms with E-state index in [1.54, 1.807) is 31.4 Å². The fraction of sp³-hybridized carbons (Fsp3) is 0.455. The molecule has 2 rings (SSSR count). The molecule has 1 unspecified atom stereocenters. The monoisotopic (exact) mass is 195 g/mol. The first kappa shape index (κ1) is 9.46. The summed E-state index contributed by atoms with van der Waals surface area (Å²) in [7, 11) is 1.61. The first-order valence-corrected chi connectivity index (χ1v) is 4.79. The zero-order valence-corrected chi connectivity index (χ0v) is 8.22. The third kappa shape index (κ3) is 1.60. The van der Waals surface area contributed by atoms with Crippen LogP contribution in [0.15, 0.2) is 24.3 Å². The Labute approximate surface area is 83.1 Å². The Morgan fingerprint density at radius 1 is 1.36 bits per heavy atom. The summed E-state index contributed by atoms with van der Waals surface area (Å²) in [5, 5.41) is 3.03. The van der Waals surface area contributed by atoms with Crippen LogP contribution in [0.4, 0.5) is 4.39 Å². The molecular weight excluding hydrogens is 181 g/mol. The number of hydrogen-bond acceptors (Lipinski definition) is 2. The smallest absolute Gasteiger partial charge is 0.149 e. The Morgan fingerprint density at radius 3 is 2.57 bits per heavy atom. The van der Waals surface area contributed by atoms with Gasteiger partial charge in [-0.3, -0.25) is 0 Å². The first-order valence-electron chi connectivity index (χ1n) is 4.79. The van der Waals surface area contributed by atoms with E-state index in [0.717, 1.165) is 17.9 Å². The minimum absolute atomic E-state index is 0.416. The second-order valence-corrected chi connectivity index (χ2v) is 3.62. The van der Waals surface area contributed by atoms with Gasteiger partial charge in [0.1, 0.15) is 11.4 Å². The summed E-state index contributed by atoms with van der Waals surface area (Å²) in [4.78, 5) is 0. The van der Waals surface area contributed by atoms with Crippen LogP contribution in [0.1, 0.15) is 12.0 Å². The zero-order valence-electron chi connectivity index (χ0n) is 8.22. The summed E-state index contributed by atoms with van der Waals surface area (Å²) in [5.74, 6) is 0.767. The number of nitrogens with one attached hydrogen (secondary N) is 1. The highest BCUT2D eigenvalue weighted by Gasteiger charge is 2.35. The van der Waals surface area contributed by atoms with E-state index in [-0.39, 0.29) is 0 Å². The second-order valence-electron chi connectivity index (χ2n) is 3.62. The van der Waals surface area contributed by atoms with Crippen LogP contribution in [0.2, 0.25) is 0 Å². The number of halogens is 1. The van der Waals surface area contributed by atoms with E-state index in [9.17, 15) is 4.39 Å². The summed E-state index contributed by atoms with van der Waals surface area (Å²) in [6.45, 7) is 1.17. The number of alkyl halides is 1.